The molecule has 0 heterocycles. The van der Waals surface area contributed by atoms with E-state index in [9.17, 15) is 4.79 Å². The van der Waals surface area contributed by atoms with E-state index in [0.29, 0.717) is 17.0 Å². The van der Waals surface area contributed by atoms with Gasteiger partial charge in [0.15, 0.2) is 0 Å². The summed E-state index contributed by atoms with van der Waals surface area (Å²) >= 11 is 0. The highest BCUT2D eigenvalue weighted by Gasteiger charge is 2.13. The van der Waals surface area contributed by atoms with Gasteiger partial charge in [0.25, 0.3) is 0 Å². The lowest BCUT2D eigenvalue weighted by Gasteiger charge is -2.11. The summed E-state index contributed by atoms with van der Waals surface area (Å²) in [6, 6.07) is 13.9. The van der Waals surface area contributed by atoms with E-state index < -0.39 is 5.97 Å². The van der Waals surface area contributed by atoms with Crippen molar-refractivity contribution in [3.63, 3.8) is 0 Å². The molecule has 2 aromatic carbocycles. The minimum absolute atomic E-state index is 0.240. The molecule has 2 aromatic rings. The van der Waals surface area contributed by atoms with Gasteiger partial charge in [0.1, 0.15) is 17.9 Å². The highest BCUT2D eigenvalue weighted by atomic mass is 16.5. The number of ether oxygens (including phenoxy) is 2. The van der Waals surface area contributed by atoms with E-state index in [4.69, 9.17) is 20.5 Å². The molecule has 0 amide bonds. The van der Waals surface area contributed by atoms with Gasteiger partial charge in [-0.05, 0) is 35.9 Å². The molecule has 0 unspecified atom stereocenters. The molecule has 2 N–H and O–H groups in total. The molecule has 0 fully saturated rings. The number of esters is 1. The van der Waals surface area contributed by atoms with Crippen LogP contribution in [-0.4, -0.2) is 13.1 Å². The van der Waals surface area contributed by atoms with E-state index in [-0.39, 0.29) is 12.2 Å². The summed E-state index contributed by atoms with van der Waals surface area (Å²) in [4.78, 5) is 11.7. The molecule has 0 aliphatic rings. The van der Waals surface area contributed by atoms with Crippen LogP contribution in [-0.2, 0) is 11.3 Å². The molecule has 0 bridgehead atoms. The lowest BCUT2D eigenvalue weighted by atomic mass is 10.1. The van der Waals surface area contributed by atoms with E-state index in [1.807, 2.05) is 6.07 Å². The number of benzene rings is 2. The first-order chi connectivity index (χ1) is 10.1. The number of hydrogen-bond donors (Lipinski definition) is 1. The standard InChI is InChI=1S/C16H14N2O3/c1-20-16(19)14-8-13(18)5-6-15(14)21-10-12-4-2-3-11(7-12)9-17/h2-8H,10,18H2,1H3. The molecule has 0 saturated heterocycles. The van der Waals surface area contributed by atoms with Crippen molar-refractivity contribution in [2.45, 2.75) is 6.61 Å². The molecule has 106 valence electrons. The van der Waals surface area contributed by atoms with Gasteiger partial charge < -0.3 is 15.2 Å². The molecule has 0 aliphatic carbocycles. The number of methoxy groups -OCH3 is 1. The van der Waals surface area contributed by atoms with Crippen molar-refractivity contribution in [3.8, 4) is 11.8 Å². The van der Waals surface area contributed by atoms with Gasteiger partial charge in [-0.2, -0.15) is 5.26 Å². The Morgan fingerprint density at radius 2 is 2.10 bits per heavy atom. The summed E-state index contributed by atoms with van der Waals surface area (Å²) in [5.74, 6) is -0.124. The average Bonchev–Trinajstić information content (AvgIpc) is 2.53. The van der Waals surface area contributed by atoms with Crippen molar-refractivity contribution in [2.75, 3.05) is 12.8 Å². The van der Waals surface area contributed by atoms with Crippen LogP contribution >= 0.6 is 0 Å². The number of nitrogen functional groups attached to an aromatic ring is 1. The monoisotopic (exact) mass is 282 g/mol. The zero-order valence-electron chi connectivity index (χ0n) is 11.5. The Hall–Kier alpha value is -3.00. The van der Waals surface area contributed by atoms with E-state index in [1.165, 1.54) is 13.2 Å². The molecule has 0 saturated carbocycles. The summed E-state index contributed by atoms with van der Waals surface area (Å²) < 4.78 is 10.3. The molecule has 0 radical (unpaired) electrons. The molecule has 5 nitrogen and oxygen atoms in total. The Morgan fingerprint density at radius 3 is 2.81 bits per heavy atom. The van der Waals surface area contributed by atoms with Gasteiger partial charge in [-0.3, -0.25) is 0 Å². The van der Waals surface area contributed by atoms with Crippen molar-refractivity contribution < 1.29 is 14.3 Å². The molecular weight excluding hydrogens is 268 g/mol. The zero-order valence-corrected chi connectivity index (χ0v) is 11.5. The van der Waals surface area contributed by atoms with Crippen LogP contribution in [0.5, 0.6) is 5.75 Å². The molecular formula is C16H14N2O3. The fourth-order valence-electron chi connectivity index (χ4n) is 1.83. The molecule has 0 spiro atoms. The second-order valence-electron chi connectivity index (χ2n) is 4.35. The number of nitrogens with two attached hydrogens (primary N) is 1. The minimum Gasteiger partial charge on any atom is -0.488 e. The number of carbonyl (C=O) groups is 1. The van der Waals surface area contributed by atoms with Crippen LogP contribution in [0.25, 0.3) is 0 Å². The Labute approximate surface area is 122 Å². The van der Waals surface area contributed by atoms with Crippen LogP contribution < -0.4 is 10.5 Å². The number of carbonyl (C=O) groups excluding carboxylic acids is 1. The third-order valence-electron chi connectivity index (χ3n) is 2.86. The van der Waals surface area contributed by atoms with Crippen molar-refractivity contribution in [1.82, 2.24) is 0 Å². The minimum atomic E-state index is -0.511. The highest BCUT2D eigenvalue weighted by molar-refractivity contribution is 5.93. The largest absolute Gasteiger partial charge is 0.488 e. The maximum absolute atomic E-state index is 11.7. The first kappa shape index (κ1) is 14.4. The Balaban J connectivity index is 2.20. The second kappa shape index (κ2) is 6.44. The lowest BCUT2D eigenvalue weighted by Crippen LogP contribution is -2.06. The Morgan fingerprint density at radius 1 is 1.29 bits per heavy atom. The van der Waals surface area contributed by atoms with Crippen LogP contribution in [0.4, 0.5) is 5.69 Å². The van der Waals surface area contributed by atoms with Crippen molar-refractivity contribution in [2.24, 2.45) is 0 Å². The summed E-state index contributed by atoms with van der Waals surface area (Å²) in [7, 11) is 1.30. The fraction of sp³-hybridized carbons (Fsp3) is 0.125. The smallest absolute Gasteiger partial charge is 0.341 e. The maximum Gasteiger partial charge on any atom is 0.341 e. The Kier molecular flexibility index (Phi) is 4.42. The molecule has 21 heavy (non-hydrogen) atoms. The zero-order chi connectivity index (χ0) is 15.2. The molecule has 0 aliphatic heterocycles. The first-order valence-electron chi connectivity index (χ1n) is 6.23. The van der Waals surface area contributed by atoms with Crippen LogP contribution in [0.3, 0.4) is 0 Å². The molecule has 5 heteroatoms. The van der Waals surface area contributed by atoms with Crippen molar-refractivity contribution in [1.29, 1.82) is 5.26 Å². The fourth-order valence-corrected chi connectivity index (χ4v) is 1.83. The lowest BCUT2D eigenvalue weighted by molar-refractivity contribution is 0.0595. The van der Waals surface area contributed by atoms with Crippen molar-refractivity contribution in [3.05, 3.63) is 59.2 Å². The number of nitrogens with zero attached hydrogens (tertiary/aromatic N) is 1. The maximum atomic E-state index is 11.7. The normalized spacial score (nSPS) is 9.71. The SMILES string of the molecule is COC(=O)c1cc(N)ccc1OCc1cccc(C#N)c1. The third kappa shape index (κ3) is 3.51. The van der Waals surface area contributed by atoms with Gasteiger partial charge in [0.05, 0.1) is 18.7 Å². The number of anilines is 1. The second-order valence-corrected chi connectivity index (χ2v) is 4.35. The van der Waals surface area contributed by atoms with E-state index in [1.54, 1.807) is 30.3 Å². The average molecular weight is 282 g/mol. The van der Waals surface area contributed by atoms with Crippen LogP contribution in [0.1, 0.15) is 21.5 Å². The summed E-state index contributed by atoms with van der Waals surface area (Å²) in [6.07, 6.45) is 0. The van der Waals surface area contributed by atoms with Crippen LogP contribution in [0.2, 0.25) is 0 Å². The number of hydrogen-bond acceptors (Lipinski definition) is 5. The van der Waals surface area contributed by atoms with E-state index in [2.05, 4.69) is 6.07 Å². The summed E-state index contributed by atoms with van der Waals surface area (Å²) in [6.45, 7) is 0.240. The predicted molar refractivity (Wildman–Crippen MR) is 77.7 cm³/mol. The van der Waals surface area contributed by atoms with Crippen molar-refractivity contribution >= 4 is 11.7 Å². The van der Waals surface area contributed by atoms with Gasteiger partial charge in [-0.15, -0.1) is 0 Å². The van der Waals surface area contributed by atoms with Crippen LogP contribution in [0, 0.1) is 11.3 Å². The van der Waals surface area contributed by atoms with Gasteiger partial charge in [-0.25, -0.2) is 4.79 Å². The Bertz CT molecular complexity index is 705. The quantitative estimate of drug-likeness (QED) is 0.688. The third-order valence-corrected chi connectivity index (χ3v) is 2.86. The summed E-state index contributed by atoms with van der Waals surface area (Å²) in [5.41, 5.74) is 7.78. The van der Waals surface area contributed by atoms with E-state index in [0.717, 1.165) is 5.56 Å². The van der Waals surface area contributed by atoms with Gasteiger partial charge in [0.2, 0.25) is 0 Å². The van der Waals surface area contributed by atoms with Gasteiger partial charge >= 0.3 is 5.97 Å². The number of nitriles is 1. The number of rotatable bonds is 4. The molecule has 2 rings (SSSR count). The van der Waals surface area contributed by atoms with Gasteiger partial charge in [-0.1, -0.05) is 12.1 Å². The van der Waals surface area contributed by atoms with E-state index >= 15 is 0 Å². The molecule has 0 atom stereocenters. The predicted octanol–water partition coefficient (Wildman–Crippen LogP) is 2.51. The highest BCUT2D eigenvalue weighted by Crippen LogP contribution is 2.23. The molecule has 0 aromatic heterocycles. The summed E-state index contributed by atoms with van der Waals surface area (Å²) in [5, 5.41) is 8.86. The first-order valence-corrected chi connectivity index (χ1v) is 6.23. The van der Waals surface area contributed by atoms with Gasteiger partial charge in [0, 0.05) is 5.69 Å². The topological polar surface area (TPSA) is 85.3 Å². The van der Waals surface area contributed by atoms with Crippen LogP contribution in [0.15, 0.2) is 42.5 Å².